The molecule has 0 radical (unpaired) electrons. The van der Waals surface area contributed by atoms with Gasteiger partial charge in [-0.3, -0.25) is 9.59 Å². The molecule has 22 heavy (non-hydrogen) atoms. The molecule has 2 aromatic carbocycles. The van der Waals surface area contributed by atoms with Gasteiger partial charge in [-0.2, -0.15) is 0 Å². The van der Waals surface area contributed by atoms with Gasteiger partial charge in [0.2, 0.25) is 0 Å². The maximum absolute atomic E-state index is 12.6. The first-order valence-electron chi connectivity index (χ1n) is 7.83. The third-order valence-electron chi connectivity index (χ3n) is 4.62. The van der Waals surface area contributed by atoms with Gasteiger partial charge in [0.15, 0.2) is 5.78 Å². The Kier molecular flexibility index (Phi) is 3.07. The number of ketones is 1. The monoisotopic (exact) mass is 291 g/mol. The number of fused-ring (bicyclic) bond motifs is 3. The van der Waals surface area contributed by atoms with Crippen molar-refractivity contribution in [2.75, 3.05) is 13.1 Å². The average Bonchev–Trinajstić information content (AvgIpc) is 2.88. The number of carbonyl (C=O) groups is 2. The van der Waals surface area contributed by atoms with Crippen molar-refractivity contribution in [2.24, 2.45) is 0 Å². The standard InChI is InChI=1S/C19H17NO2/c21-18-16-7-3-2-6-14(16)15-9-8-13(12-17(15)18)19(22)20-10-4-1-5-11-20/h2-3,6-9,12H,1,4-5,10-11H2. The van der Waals surface area contributed by atoms with E-state index in [1.807, 2.05) is 41.3 Å². The van der Waals surface area contributed by atoms with Crippen molar-refractivity contribution in [3.05, 3.63) is 59.2 Å². The lowest BCUT2D eigenvalue weighted by molar-refractivity contribution is 0.0724. The second-order valence-corrected chi connectivity index (χ2v) is 5.99. The van der Waals surface area contributed by atoms with Crippen molar-refractivity contribution in [1.29, 1.82) is 0 Å². The van der Waals surface area contributed by atoms with E-state index in [1.165, 1.54) is 6.42 Å². The first kappa shape index (κ1) is 13.3. The summed E-state index contributed by atoms with van der Waals surface area (Å²) in [5.74, 6) is 0.0742. The molecule has 110 valence electrons. The number of nitrogens with zero attached hydrogens (tertiary/aromatic N) is 1. The molecule has 0 bridgehead atoms. The molecule has 1 amide bonds. The smallest absolute Gasteiger partial charge is 0.253 e. The van der Waals surface area contributed by atoms with Crippen LogP contribution in [0.4, 0.5) is 0 Å². The fourth-order valence-electron chi connectivity index (χ4n) is 3.44. The lowest BCUT2D eigenvalue weighted by Crippen LogP contribution is -2.35. The van der Waals surface area contributed by atoms with Crippen LogP contribution in [0.5, 0.6) is 0 Å². The second-order valence-electron chi connectivity index (χ2n) is 5.99. The van der Waals surface area contributed by atoms with Gasteiger partial charge in [0, 0.05) is 29.8 Å². The number of hydrogen-bond donors (Lipinski definition) is 0. The topological polar surface area (TPSA) is 37.4 Å². The number of amides is 1. The van der Waals surface area contributed by atoms with E-state index in [0.717, 1.165) is 42.6 Å². The number of likely N-dealkylation sites (tertiary alicyclic amines) is 1. The van der Waals surface area contributed by atoms with Crippen LogP contribution in [-0.2, 0) is 0 Å². The van der Waals surface area contributed by atoms with Gasteiger partial charge in [-0.1, -0.05) is 30.3 Å². The van der Waals surface area contributed by atoms with Gasteiger partial charge in [0.25, 0.3) is 5.91 Å². The zero-order valence-corrected chi connectivity index (χ0v) is 12.3. The molecule has 3 heteroatoms. The van der Waals surface area contributed by atoms with Crippen LogP contribution < -0.4 is 0 Å². The molecule has 1 aliphatic heterocycles. The molecule has 0 atom stereocenters. The van der Waals surface area contributed by atoms with Crippen molar-refractivity contribution in [3.8, 4) is 11.1 Å². The summed E-state index contributed by atoms with van der Waals surface area (Å²) in [5, 5.41) is 0. The molecule has 1 heterocycles. The summed E-state index contributed by atoms with van der Waals surface area (Å²) in [6.07, 6.45) is 3.34. The van der Waals surface area contributed by atoms with Gasteiger partial charge in [-0.05, 0) is 42.5 Å². The van der Waals surface area contributed by atoms with E-state index < -0.39 is 0 Å². The third-order valence-corrected chi connectivity index (χ3v) is 4.62. The van der Waals surface area contributed by atoms with Crippen LogP contribution in [0.1, 0.15) is 45.5 Å². The molecule has 2 aromatic rings. The summed E-state index contributed by atoms with van der Waals surface area (Å²) in [7, 11) is 0. The minimum absolute atomic E-state index is 0.0268. The first-order valence-corrected chi connectivity index (χ1v) is 7.83. The highest BCUT2D eigenvalue weighted by atomic mass is 16.2. The summed E-state index contributed by atoms with van der Waals surface area (Å²) >= 11 is 0. The largest absolute Gasteiger partial charge is 0.339 e. The molecule has 1 fully saturated rings. The molecule has 0 aromatic heterocycles. The lowest BCUT2D eigenvalue weighted by Gasteiger charge is -2.26. The van der Waals surface area contributed by atoms with Crippen LogP contribution >= 0.6 is 0 Å². The van der Waals surface area contributed by atoms with Crippen LogP contribution in [0.25, 0.3) is 11.1 Å². The Morgan fingerprint density at radius 1 is 0.818 bits per heavy atom. The van der Waals surface area contributed by atoms with Crippen molar-refractivity contribution in [3.63, 3.8) is 0 Å². The fraction of sp³-hybridized carbons (Fsp3) is 0.263. The zero-order valence-electron chi connectivity index (χ0n) is 12.3. The highest BCUT2D eigenvalue weighted by Crippen LogP contribution is 2.36. The lowest BCUT2D eigenvalue weighted by atomic mass is 10.0. The van der Waals surface area contributed by atoms with Gasteiger partial charge in [0.05, 0.1) is 0 Å². The van der Waals surface area contributed by atoms with Crippen LogP contribution in [0.3, 0.4) is 0 Å². The number of hydrogen-bond acceptors (Lipinski definition) is 2. The van der Waals surface area contributed by atoms with E-state index in [1.54, 1.807) is 6.07 Å². The van der Waals surface area contributed by atoms with Crippen molar-refractivity contribution in [1.82, 2.24) is 4.90 Å². The number of rotatable bonds is 1. The maximum atomic E-state index is 12.6. The predicted octanol–water partition coefficient (Wildman–Crippen LogP) is 3.52. The van der Waals surface area contributed by atoms with Gasteiger partial charge < -0.3 is 4.90 Å². The molecular weight excluding hydrogens is 274 g/mol. The van der Waals surface area contributed by atoms with Crippen LogP contribution in [-0.4, -0.2) is 29.7 Å². The van der Waals surface area contributed by atoms with Crippen molar-refractivity contribution in [2.45, 2.75) is 19.3 Å². The van der Waals surface area contributed by atoms with Crippen molar-refractivity contribution >= 4 is 11.7 Å². The molecule has 1 saturated heterocycles. The Morgan fingerprint density at radius 2 is 1.50 bits per heavy atom. The average molecular weight is 291 g/mol. The molecule has 2 aliphatic rings. The van der Waals surface area contributed by atoms with E-state index >= 15 is 0 Å². The normalized spacial score (nSPS) is 16.4. The summed E-state index contributed by atoms with van der Waals surface area (Å²) in [6.45, 7) is 1.65. The van der Waals surface area contributed by atoms with Gasteiger partial charge in [0.1, 0.15) is 0 Å². The molecule has 4 rings (SSSR count). The number of carbonyl (C=O) groups excluding carboxylic acids is 2. The number of piperidine rings is 1. The highest BCUT2D eigenvalue weighted by Gasteiger charge is 2.28. The summed E-state index contributed by atoms with van der Waals surface area (Å²) in [4.78, 5) is 27.0. The molecule has 0 unspecified atom stereocenters. The second kappa shape index (κ2) is 5.09. The van der Waals surface area contributed by atoms with Crippen LogP contribution in [0.15, 0.2) is 42.5 Å². The van der Waals surface area contributed by atoms with Gasteiger partial charge in [-0.25, -0.2) is 0 Å². The predicted molar refractivity (Wildman–Crippen MR) is 85.1 cm³/mol. The summed E-state index contributed by atoms with van der Waals surface area (Å²) in [5.41, 5.74) is 3.93. The Balaban J connectivity index is 1.71. The minimum Gasteiger partial charge on any atom is -0.339 e. The maximum Gasteiger partial charge on any atom is 0.253 e. The van der Waals surface area contributed by atoms with Crippen LogP contribution in [0.2, 0.25) is 0 Å². The molecule has 0 N–H and O–H groups in total. The van der Waals surface area contributed by atoms with Gasteiger partial charge >= 0.3 is 0 Å². The molecule has 0 spiro atoms. The highest BCUT2D eigenvalue weighted by molar-refractivity contribution is 6.22. The Morgan fingerprint density at radius 3 is 2.27 bits per heavy atom. The quantitative estimate of drug-likeness (QED) is 0.688. The molecule has 3 nitrogen and oxygen atoms in total. The van der Waals surface area contributed by atoms with Gasteiger partial charge in [-0.15, -0.1) is 0 Å². The Bertz CT molecular complexity index is 773. The van der Waals surface area contributed by atoms with E-state index in [0.29, 0.717) is 11.1 Å². The van der Waals surface area contributed by atoms with E-state index in [9.17, 15) is 9.59 Å². The molecular formula is C19H17NO2. The van der Waals surface area contributed by atoms with E-state index in [2.05, 4.69) is 0 Å². The zero-order chi connectivity index (χ0) is 15.1. The van der Waals surface area contributed by atoms with E-state index in [-0.39, 0.29) is 11.7 Å². The first-order chi connectivity index (χ1) is 10.8. The Labute approximate surface area is 129 Å². The number of benzene rings is 2. The van der Waals surface area contributed by atoms with Crippen molar-refractivity contribution < 1.29 is 9.59 Å². The minimum atomic E-state index is 0.0268. The fourth-order valence-corrected chi connectivity index (χ4v) is 3.44. The van der Waals surface area contributed by atoms with E-state index in [4.69, 9.17) is 0 Å². The Hall–Kier alpha value is -2.42. The molecule has 0 saturated carbocycles. The summed E-state index contributed by atoms with van der Waals surface area (Å²) < 4.78 is 0. The SMILES string of the molecule is O=C1c2ccccc2-c2ccc(C(=O)N3CCCCC3)cc21. The van der Waals surface area contributed by atoms with Crippen LogP contribution in [0, 0.1) is 0 Å². The third kappa shape index (κ3) is 1.97. The molecule has 1 aliphatic carbocycles. The summed E-state index contributed by atoms with van der Waals surface area (Å²) in [6, 6.07) is 13.2.